The van der Waals surface area contributed by atoms with Gasteiger partial charge in [-0.1, -0.05) is 0 Å². The first kappa shape index (κ1) is 13.7. The first-order valence-corrected chi connectivity index (χ1v) is 3.42. The van der Waals surface area contributed by atoms with E-state index >= 15 is 0 Å². The zero-order chi connectivity index (χ0) is 6.69. The van der Waals surface area contributed by atoms with Gasteiger partial charge in [-0.25, -0.2) is 0 Å². The van der Waals surface area contributed by atoms with E-state index in [-0.39, 0.29) is 24.8 Å². The van der Waals surface area contributed by atoms with Crippen LogP contribution >= 0.6 is 40.7 Å². The third-order valence-electron chi connectivity index (χ3n) is 0.998. The molecular weight excluding hydrogens is 251 g/mol. The molecule has 0 unspecified atom stereocenters. The number of rotatable bonds is 1. The van der Waals surface area contributed by atoms with Crippen LogP contribution in [-0.2, 0) is 6.54 Å². The van der Waals surface area contributed by atoms with Gasteiger partial charge in [-0.15, -0.1) is 24.8 Å². The van der Waals surface area contributed by atoms with Crippen molar-refractivity contribution in [3.63, 3.8) is 0 Å². The Morgan fingerprint density at radius 2 is 2.00 bits per heavy atom. The summed E-state index contributed by atoms with van der Waals surface area (Å²) >= 11 is 3.27. The number of nitrogens with zero attached hydrogens (tertiary/aromatic N) is 1. The molecule has 0 aliphatic carbocycles. The molecule has 2 nitrogen and oxygen atoms in total. The van der Waals surface area contributed by atoms with E-state index in [1.807, 2.05) is 12.1 Å². The van der Waals surface area contributed by atoms with Crippen molar-refractivity contribution >= 4 is 40.7 Å². The molecule has 0 radical (unpaired) electrons. The summed E-state index contributed by atoms with van der Waals surface area (Å²) in [6, 6.07) is 3.82. The molecule has 0 saturated carbocycles. The largest absolute Gasteiger partial charge is 0.325 e. The zero-order valence-corrected chi connectivity index (χ0v) is 8.88. The Kier molecular flexibility index (Phi) is 8.56. The SMILES string of the molecule is Cl.Cl.NCc1ccc(Br)cn1. The van der Waals surface area contributed by atoms with Gasteiger partial charge in [0.15, 0.2) is 0 Å². The van der Waals surface area contributed by atoms with Gasteiger partial charge in [0.25, 0.3) is 0 Å². The highest BCUT2D eigenvalue weighted by atomic mass is 79.9. The Bertz CT molecular complexity index is 190. The lowest BCUT2D eigenvalue weighted by atomic mass is 10.4. The van der Waals surface area contributed by atoms with E-state index in [4.69, 9.17) is 5.73 Å². The minimum Gasteiger partial charge on any atom is -0.325 e. The van der Waals surface area contributed by atoms with Crippen LogP contribution in [0.4, 0.5) is 0 Å². The summed E-state index contributed by atoms with van der Waals surface area (Å²) in [5, 5.41) is 0. The second-order valence-electron chi connectivity index (χ2n) is 1.67. The molecule has 0 spiro atoms. The van der Waals surface area contributed by atoms with Gasteiger partial charge < -0.3 is 5.73 Å². The smallest absolute Gasteiger partial charge is 0.0540 e. The molecule has 5 heteroatoms. The standard InChI is InChI=1S/C6H7BrN2.2ClH/c7-5-1-2-6(3-8)9-4-5;;/h1-2,4H,3,8H2;2*1H. The Morgan fingerprint density at radius 3 is 2.36 bits per heavy atom. The van der Waals surface area contributed by atoms with Gasteiger partial charge in [-0.05, 0) is 28.1 Å². The molecule has 11 heavy (non-hydrogen) atoms. The monoisotopic (exact) mass is 258 g/mol. The quantitative estimate of drug-likeness (QED) is 0.840. The van der Waals surface area contributed by atoms with Gasteiger partial charge in [0, 0.05) is 17.2 Å². The predicted octanol–water partition coefficient (Wildman–Crippen LogP) is 2.15. The third-order valence-corrected chi connectivity index (χ3v) is 1.47. The van der Waals surface area contributed by atoms with E-state index in [2.05, 4.69) is 20.9 Å². The summed E-state index contributed by atoms with van der Waals surface area (Å²) in [6.07, 6.45) is 1.74. The Hall–Kier alpha value is 0.170. The van der Waals surface area contributed by atoms with Crippen LogP contribution in [0.5, 0.6) is 0 Å². The highest BCUT2D eigenvalue weighted by Crippen LogP contribution is 2.06. The van der Waals surface area contributed by atoms with Crippen molar-refractivity contribution in [2.24, 2.45) is 5.73 Å². The zero-order valence-electron chi connectivity index (χ0n) is 5.66. The van der Waals surface area contributed by atoms with Crippen LogP contribution in [0.3, 0.4) is 0 Å². The molecule has 0 fully saturated rings. The van der Waals surface area contributed by atoms with Crippen LogP contribution < -0.4 is 5.73 Å². The highest BCUT2D eigenvalue weighted by Gasteiger charge is 1.87. The predicted molar refractivity (Wildman–Crippen MR) is 54.3 cm³/mol. The van der Waals surface area contributed by atoms with Gasteiger partial charge in [0.1, 0.15) is 0 Å². The summed E-state index contributed by atoms with van der Waals surface area (Å²) < 4.78 is 0.986. The second kappa shape index (κ2) is 6.85. The molecule has 0 aliphatic rings. The Balaban J connectivity index is 0. The van der Waals surface area contributed by atoms with Crippen molar-refractivity contribution in [3.8, 4) is 0 Å². The topological polar surface area (TPSA) is 38.9 Å². The van der Waals surface area contributed by atoms with Crippen molar-refractivity contribution in [2.75, 3.05) is 0 Å². The van der Waals surface area contributed by atoms with Crippen LogP contribution in [0.2, 0.25) is 0 Å². The number of nitrogens with two attached hydrogens (primary N) is 1. The van der Waals surface area contributed by atoms with E-state index in [0.717, 1.165) is 10.2 Å². The van der Waals surface area contributed by atoms with E-state index in [1.54, 1.807) is 6.20 Å². The maximum absolute atomic E-state index is 5.32. The lowest BCUT2D eigenvalue weighted by molar-refractivity contribution is 0.988. The van der Waals surface area contributed by atoms with Crippen LogP contribution in [0, 0.1) is 0 Å². The summed E-state index contributed by atoms with van der Waals surface area (Å²) in [7, 11) is 0. The van der Waals surface area contributed by atoms with Gasteiger partial charge >= 0.3 is 0 Å². The van der Waals surface area contributed by atoms with E-state index in [9.17, 15) is 0 Å². The van der Waals surface area contributed by atoms with Gasteiger partial charge in [-0.3, -0.25) is 4.98 Å². The molecule has 0 saturated heterocycles. The minimum absolute atomic E-state index is 0. The minimum atomic E-state index is 0. The van der Waals surface area contributed by atoms with Crippen molar-refractivity contribution in [1.82, 2.24) is 4.98 Å². The molecule has 2 N–H and O–H groups in total. The summed E-state index contributed by atoms with van der Waals surface area (Å²) in [5.74, 6) is 0. The molecular formula is C6H9BrCl2N2. The fraction of sp³-hybridized carbons (Fsp3) is 0.167. The number of aromatic nitrogens is 1. The van der Waals surface area contributed by atoms with E-state index < -0.39 is 0 Å². The van der Waals surface area contributed by atoms with Gasteiger partial charge in [0.05, 0.1) is 5.69 Å². The molecule has 1 heterocycles. The van der Waals surface area contributed by atoms with Crippen molar-refractivity contribution in [1.29, 1.82) is 0 Å². The lowest BCUT2D eigenvalue weighted by Crippen LogP contribution is -1.97. The summed E-state index contributed by atoms with van der Waals surface area (Å²) in [6.45, 7) is 0.507. The molecule has 64 valence electrons. The molecule has 0 atom stereocenters. The van der Waals surface area contributed by atoms with Crippen LogP contribution in [0.1, 0.15) is 5.69 Å². The third kappa shape index (κ3) is 4.58. The average molecular weight is 260 g/mol. The van der Waals surface area contributed by atoms with Crippen LogP contribution in [0.15, 0.2) is 22.8 Å². The van der Waals surface area contributed by atoms with Gasteiger partial charge in [-0.2, -0.15) is 0 Å². The summed E-state index contributed by atoms with van der Waals surface area (Å²) in [5.41, 5.74) is 6.24. The first-order chi connectivity index (χ1) is 4.33. The maximum atomic E-state index is 5.32. The van der Waals surface area contributed by atoms with Crippen LogP contribution in [-0.4, -0.2) is 4.98 Å². The molecule has 0 aromatic carbocycles. The molecule has 1 aromatic heterocycles. The van der Waals surface area contributed by atoms with Crippen molar-refractivity contribution < 1.29 is 0 Å². The molecule has 1 aromatic rings. The number of pyridine rings is 1. The van der Waals surface area contributed by atoms with Gasteiger partial charge in [0.2, 0.25) is 0 Å². The number of hydrogen-bond acceptors (Lipinski definition) is 2. The van der Waals surface area contributed by atoms with Crippen molar-refractivity contribution in [3.05, 3.63) is 28.5 Å². The fourth-order valence-corrected chi connectivity index (χ4v) is 0.762. The fourth-order valence-electron chi connectivity index (χ4n) is 0.527. The average Bonchev–Trinajstić information content (AvgIpc) is 1.90. The maximum Gasteiger partial charge on any atom is 0.0540 e. The molecule has 1 rings (SSSR count). The second-order valence-corrected chi connectivity index (χ2v) is 2.59. The van der Waals surface area contributed by atoms with Crippen molar-refractivity contribution in [2.45, 2.75) is 6.54 Å². The molecule has 0 aliphatic heterocycles. The highest BCUT2D eigenvalue weighted by molar-refractivity contribution is 9.10. The van der Waals surface area contributed by atoms with E-state index in [0.29, 0.717) is 6.54 Å². The Morgan fingerprint density at radius 1 is 1.36 bits per heavy atom. The Labute approximate surface area is 86.5 Å². The van der Waals surface area contributed by atoms with Crippen LogP contribution in [0.25, 0.3) is 0 Å². The normalized spacial score (nSPS) is 7.82. The number of hydrogen-bond donors (Lipinski definition) is 1. The first-order valence-electron chi connectivity index (χ1n) is 2.63. The number of halogens is 3. The van der Waals surface area contributed by atoms with E-state index in [1.165, 1.54) is 0 Å². The summed E-state index contributed by atoms with van der Waals surface area (Å²) in [4.78, 5) is 4.02. The lowest BCUT2D eigenvalue weighted by Gasteiger charge is -1.92. The molecule has 0 bridgehead atoms. The molecule has 0 amide bonds.